The van der Waals surface area contributed by atoms with Crippen LogP contribution in [0.1, 0.15) is 50.5 Å². The molecule has 0 aromatic heterocycles. The highest BCUT2D eigenvalue weighted by Gasteiger charge is 2.38. The van der Waals surface area contributed by atoms with E-state index >= 15 is 0 Å². The first kappa shape index (κ1) is 15.2. The molecule has 2 saturated carbocycles. The maximum Gasteiger partial charge on any atom is 0.0362 e. The maximum absolute atomic E-state index is 12.0. The van der Waals surface area contributed by atoms with E-state index in [0.717, 1.165) is 37.0 Å². The molecule has 0 aliphatic heterocycles. The third-order valence-electron chi connectivity index (χ3n) is 5.10. The van der Waals surface area contributed by atoms with Gasteiger partial charge in [0.25, 0.3) is 0 Å². The average Bonchev–Trinajstić information content (AvgIpc) is 3.33. The van der Waals surface area contributed by atoms with Gasteiger partial charge in [-0.05, 0) is 49.6 Å². The van der Waals surface area contributed by atoms with Crippen molar-refractivity contribution in [3.8, 4) is 0 Å². The lowest BCUT2D eigenvalue weighted by Crippen LogP contribution is -2.38. The van der Waals surface area contributed by atoms with Gasteiger partial charge in [0.15, 0.2) is 0 Å². The Balaban J connectivity index is 1.43. The molecule has 21 heavy (non-hydrogen) atoms. The van der Waals surface area contributed by atoms with E-state index in [1.165, 1.54) is 24.8 Å². The molecule has 0 heterocycles. The van der Waals surface area contributed by atoms with Crippen molar-refractivity contribution in [3.63, 3.8) is 0 Å². The second kappa shape index (κ2) is 7.06. The highest BCUT2D eigenvalue weighted by Crippen LogP contribution is 2.46. The van der Waals surface area contributed by atoms with Crippen molar-refractivity contribution in [2.75, 3.05) is 12.3 Å². The zero-order valence-electron chi connectivity index (χ0n) is 13.0. The molecule has 1 aromatic rings. The minimum Gasteiger partial charge on any atom is -0.314 e. The molecule has 2 fully saturated rings. The summed E-state index contributed by atoms with van der Waals surface area (Å²) in [5.74, 6) is 2.39. The van der Waals surface area contributed by atoms with Gasteiger partial charge in [-0.2, -0.15) is 0 Å². The lowest BCUT2D eigenvalue weighted by molar-refractivity contribution is 0.371. The Kier molecular flexibility index (Phi) is 5.12. The molecule has 0 spiro atoms. The molecular weight excluding hydrogens is 278 g/mol. The average molecular weight is 305 g/mol. The fourth-order valence-electron chi connectivity index (χ4n) is 3.70. The molecule has 0 radical (unpaired) electrons. The molecule has 5 atom stereocenters. The summed E-state index contributed by atoms with van der Waals surface area (Å²) in [4.78, 5) is 0. The Bertz CT molecular complexity index is 475. The van der Waals surface area contributed by atoms with E-state index in [1.54, 1.807) is 0 Å². The van der Waals surface area contributed by atoms with Crippen molar-refractivity contribution in [1.29, 1.82) is 0 Å². The second-order valence-corrected chi connectivity index (χ2v) is 8.58. The molecular formula is C18H27NOS. The van der Waals surface area contributed by atoms with E-state index in [1.807, 2.05) is 6.92 Å². The molecule has 0 amide bonds. The summed E-state index contributed by atoms with van der Waals surface area (Å²) in [6.45, 7) is 3.18. The molecule has 1 N–H and O–H groups in total. The third-order valence-corrected chi connectivity index (χ3v) is 6.84. The molecule has 3 rings (SSSR count). The van der Waals surface area contributed by atoms with E-state index in [9.17, 15) is 4.21 Å². The molecule has 0 unspecified atom stereocenters. The van der Waals surface area contributed by atoms with Crippen molar-refractivity contribution in [2.45, 2.75) is 56.2 Å². The van der Waals surface area contributed by atoms with Gasteiger partial charge in [-0.3, -0.25) is 4.21 Å². The predicted molar refractivity (Wildman–Crippen MR) is 90.0 cm³/mol. The van der Waals surface area contributed by atoms with Crippen LogP contribution in [0.2, 0.25) is 0 Å². The van der Waals surface area contributed by atoms with Gasteiger partial charge in [-0.1, -0.05) is 43.7 Å². The highest BCUT2D eigenvalue weighted by molar-refractivity contribution is 7.85. The van der Waals surface area contributed by atoms with Gasteiger partial charge in [0.1, 0.15) is 0 Å². The van der Waals surface area contributed by atoms with Crippen LogP contribution in [0.4, 0.5) is 0 Å². The summed E-state index contributed by atoms with van der Waals surface area (Å²) in [5, 5.41) is 4.19. The fourth-order valence-corrected chi connectivity index (χ4v) is 5.05. The van der Waals surface area contributed by atoms with Crippen LogP contribution in [0.5, 0.6) is 0 Å². The van der Waals surface area contributed by atoms with Crippen LogP contribution in [0.25, 0.3) is 0 Å². The maximum atomic E-state index is 12.0. The zero-order valence-corrected chi connectivity index (χ0v) is 13.8. The number of hydrogen-bond acceptors (Lipinski definition) is 2. The Hall–Kier alpha value is -0.670. The van der Waals surface area contributed by atoms with Crippen molar-refractivity contribution in [2.24, 2.45) is 5.92 Å². The Morgan fingerprint density at radius 2 is 2.00 bits per heavy atom. The van der Waals surface area contributed by atoms with Gasteiger partial charge in [-0.25, -0.2) is 0 Å². The van der Waals surface area contributed by atoms with E-state index in [4.69, 9.17) is 0 Å². The molecule has 0 bridgehead atoms. The van der Waals surface area contributed by atoms with Crippen molar-refractivity contribution >= 4 is 10.8 Å². The van der Waals surface area contributed by atoms with Gasteiger partial charge >= 0.3 is 0 Å². The van der Waals surface area contributed by atoms with Crippen LogP contribution in [-0.2, 0) is 10.8 Å². The van der Waals surface area contributed by atoms with Gasteiger partial charge in [0, 0.05) is 27.8 Å². The predicted octanol–water partition coefficient (Wildman–Crippen LogP) is 3.46. The molecule has 3 heteroatoms. The summed E-state index contributed by atoms with van der Waals surface area (Å²) in [6, 6.07) is 11.5. The first-order valence-electron chi connectivity index (χ1n) is 8.43. The van der Waals surface area contributed by atoms with E-state index in [0.29, 0.717) is 11.3 Å². The van der Waals surface area contributed by atoms with Crippen molar-refractivity contribution < 1.29 is 4.21 Å². The lowest BCUT2D eigenvalue weighted by Gasteiger charge is -2.29. The van der Waals surface area contributed by atoms with Gasteiger partial charge < -0.3 is 5.32 Å². The van der Waals surface area contributed by atoms with Gasteiger partial charge in [0.2, 0.25) is 0 Å². The first-order valence-corrected chi connectivity index (χ1v) is 9.81. The van der Waals surface area contributed by atoms with E-state index in [2.05, 4.69) is 35.6 Å². The number of nitrogens with one attached hydrogen (secondary N) is 1. The van der Waals surface area contributed by atoms with E-state index in [-0.39, 0.29) is 0 Å². The highest BCUT2D eigenvalue weighted by atomic mass is 32.2. The quantitative estimate of drug-likeness (QED) is 0.872. The molecule has 2 aliphatic rings. The van der Waals surface area contributed by atoms with Crippen LogP contribution in [-0.4, -0.2) is 27.8 Å². The Morgan fingerprint density at radius 1 is 1.19 bits per heavy atom. The van der Waals surface area contributed by atoms with Crippen LogP contribution < -0.4 is 5.32 Å². The lowest BCUT2D eigenvalue weighted by atomic mass is 9.95. The Labute approximate surface area is 131 Å². The summed E-state index contributed by atoms with van der Waals surface area (Å²) in [5.41, 5.74) is 1.50. The van der Waals surface area contributed by atoms with Crippen molar-refractivity contribution in [1.82, 2.24) is 5.32 Å². The smallest absolute Gasteiger partial charge is 0.0362 e. The van der Waals surface area contributed by atoms with E-state index < -0.39 is 10.8 Å². The van der Waals surface area contributed by atoms with Gasteiger partial charge in [0.05, 0.1) is 0 Å². The monoisotopic (exact) mass is 305 g/mol. The normalized spacial score (nSPS) is 33.6. The Morgan fingerprint density at radius 3 is 2.76 bits per heavy atom. The number of benzene rings is 1. The van der Waals surface area contributed by atoms with Crippen LogP contribution >= 0.6 is 0 Å². The van der Waals surface area contributed by atoms with Crippen molar-refractivity contribution in [3.05, 3.63) is 35.9 Å². The molecule has 116 valence electrons. The zero-order chi connectivity index (χ0) is 14.7. The first-order chi connectivity index (χ1) is 10.3. The minimum absolute atomic E-state index is 0.436. The largest absolute Gasteiger partial charge is 0.314 e. The molecule has 0 saturated heterocycles. The minimum atomic E-state index is -0.609. The SMILES string of the molecule is CC[S@](=O)[C@@H]1CCC[C@H](NC[C@H]2C[C@H]2c2ccccc2)C1. The summed E-state index contributed by atoms with van der Waals surface area (Å²) < 4.78 is 12.0. The topological polar surface area (TPSA) is 29.1 Å². The van der Waals surface area contributed by atoms with Crippen LogP contribution in [0, 0.1) is 5.92 Å². The summed E-state index contributed by atoms with van der Waals surface area (Å²) in [6.07, 6.45) is 6.10. The number of rotatable bonds is 6. The molecule has 2 aliphatic carbocycles. The molecule has 1 aromatic carbocycles. The van der Waals surface area contributed by atoms with Crippen LogP contribution in [0.3, 0.4) is 0 Å². The standard InChI is InChI=1S/C18H27NOS/c1-2-21(20)17-10-6-9-16(12-17)19-13-15-11-18(15)14-7-4-3-5-8-14/h3-5,7-8,15-19H,2,6,9-13H2,1H3/t15-,16+,17-,18+,21+/m1/s1. The summed E-state index contributed by atoms with van der Waals surface area (Å²) in [7, 11) is -0.609. The van der Waals surface area contributed by atoms with Crippen LogP contribution in [0.15, 0.2) is 30.3 Å². The fraction of sp³-hybridized carbons (Fsp3) is 0.667. The van der Waals surface area contributed by atoms with Gasteiger partial charge in [-0.15, -0.1) is 0 Å². The molecule has 2 nitrogen and oxygen atoms in total. The third kappa shape index (κ3) is 3.95. The second-order valence-electron chi connectivity index (χ2n) is 6.58. The number of hydrogen-bond donors (Lipinski definition) is 1. The summed E-state index contributed by atoms with van der Waals surface area (Å²) >= 11 is 0.